The van der Waals surface area contributed by atoms with E-state index < -0.39 is 54.9 Å². The van der Waals surface area contributed by atoms with Crippen LogP contribution in [0.25, 0.3) is 0 Å². The van der Waals surface area contributed by atoms with Crippen molar-refractivity contribution >= 4 is 17.9 Å². The molecule has 2 saturated heterocycles. The molecule has 0 N–H and O–H groups in total. The van der Waals surface area contributed by atoms with Gasteiger partial charge in [-0.25, -0.2) is 0 Å². The van der Waals surface area contributed by atoms with Crippen molar-refractivity contribution in [3.63, 3.8) is 0 Å². The lowest BCUT2D eigenvalue weighted by molar-refractivity contribution is -0.356. The van der Waals surface area contributed by atoms with Crippen molar-refractivity contribution in [3.8, 4) is 0 Å². The van der Waals surface area contributed by atoms with E-state index in [9.17, 15) is 14.4 Å². The van der Waals surface area contributed by atoms with Gasteiger partial charge in [0.05, 0.1) is 6.61 Å². The molecule has 2 fully saturated rings. The van der Waals surface area contributed by atoms with Gasteiger partial charge < -0.3 is 28.4 Å². The summed E-state index contributed by atoms with van der Waals surface area (Å²) in [5, 5.41) is 0. The molecule has 0 saturated carbocycles. The molecule has 0 spiro atoms. The average Bonchev–Trinajstić information content (AvgIpc) is 2.64. The Morgan fingerprint density at radius 2 is 1.46 bits per heavy atom. The summed E-state index contributed by atoms with van der Waals surface area (Å²) >= 11 is 0. The van der Waals surface area contributed by atoms with Crippen LogP contribution in [0, 0.1) is 0 Å². The van der Waals surface area contributed by atoms with Crippen molar-refractivity contribution in [2.75, 3.05) is 6.61 Å². The molecular weight excluding hydrogens is 372 g/mol. The topological polar surface area (TPSA) is 107 Å². The summed E-state index contributed by atoms with van der Waals surface area (Å²) < 4.78 is 33.3. The van der Waals surface area contributed by atoms with Crippen molar-refractivity contribution in [3.05, 3.63) is 35.9 Å². The van der Waals surface area contributed by atoms with Crippen molar-refractivity contribution < 1.29 is 42.8 Å². The van der Waals surface area contributed by atoms with E-state index in [4.69, 9.17) is 28.4 Å². The number of carbonyl (C=O) groups is 3. The summed E-state index contributed by atoms with van der Waals surface area (Å²) in [6, 6.07) is 9.21. The number of hydrogen-bond donors (Lipinski definition) is 0. The zero-order chi connectivity index (χ0) is 20.3. The van der Waals surface area contributed by atoms with Crippen LogP contribution in [0.1, 0.15) is 32.6 Å². The molecule has 1 aromatic carbocycles. The fourth-order valence-corrected chi connectivity index (χ4v) is 3.23. The van der Waals surface area contributed by atoms with Gasteiger partial charge in [-0.15, -0.1) is 0 Å². The van der Waals surface area contributed by atoms with Gasteiger partial charge in [0.25, 0.3) is 0 Å². The van der Waals surface area contributed by atoms with Crippen LogP contribution in [0.5, 0.6) is 0 Å². The molecule has 2 aliphatic rings. The second-order valence-corrected chi connectivity index (χ2v) is 6.48. The van der Waals surface area contributed by atoms with E-state index in [1.54, 1.807) is 0 Å². The monoisotopic (exact) mass is 394 g/mol. The third-order valence-corrected chi connectivity index (χ3v) is 4.24. The summed E-state index contributed by atoms with van der Waals surface area (Å²) in [4.78, 5) is 34.8. The number of benzene rings is 1. The van der Waals surface area contributed by atoms with Crippen molar-refractivity contribution in [1.82, 2.24) is 0 Å². The van der Waals surface area contributed by atoms with E-state index in [2.05, 4.69) is 0 Å². The zero-order valence-corrected chi connectivity index (χ0v) is 15.7. The van der Waals surface area contributed by atoms with Gasteiger partial charge in [0.1, 0.15) is 12.2 Å². The van der Waals surface area contributed by atoms with Crippen LogP contribution in [0.4, 0.5) is 0 Å². The molecular formula is C19H22O9. The highest BCUT2D eigenvalue weighted by Gasteiger charge is 2.54. The number of fused-ring (bicyclic) bond motifs is 1. The van der Waals surface area contributed by atoms with Gasteiger partial charge in [-0.1, -0.05) is 30.3 Å². The minimum atomic E-state index is -1.26. The van der Waals surface area contributed by atoms with Crippen LogP contribution in [-0.4, -0.2) is 55.2 Å². The number of esters is 3. The molecule has 2 heterocycles. The zero-order valence-electron chi connectivity index (χ0n) is 15.7. The lowest BCUT2D eigenvalue weighted by Gasteiger charge is -2.47. The normalized spacial score (nSPS) is 32.0. The Kier molecular flexibility index (Phi) is 6.28. The Labute approximate surface area is 161 Å². The summed E-state index contributed by atoms with van der Waals surface area (Å²) in [5.74, 6) is -1.88. The SMILES string of the molecule is CC(=O)OC1OC2COC(c3ccccc3)O[C@@H]2C(OC(C)=O)C1OC(C)=O. The number of hydrogen-bond acceptors (Lipinski definition) is 9. The molecule has 0 bridgehead atoms. The van der Waals surface area contributed by atoms with Crippen LogP contribution in [0.3, 0.4) is 0 Å². The minimum Gasteiger partial charge on any atom is -0.455 e. The first-order valence-electron chi connectivity index (χ1n) is 8.84. The lowest BCUT2D eigenvalue weighted by Crippen LogP contribution is -2.64. The summed E-state index contributed by atoms with van der Waals surface area (Å²) in [6.07, 6.45) is -5.68. The smallest absolute Gasteiger partial charge is 0.305 e. The average molecular weight is 394 g/mol. The molecule has 0 aromatic heterocycles. The van der Waals surface area contributed by atoms with Crippen molar-refractivity contribution in [2.45, 2.75) is 57.8 Å². The van der Waals surface area contributed by atoms with Gasteiger partial charge in [-0.3, -0.25) is 14.4 Å². The second-order valence-electron chi connectivity index (χ2n) is 6.48. The highest BCUT2D eigenvalue weighted by Crippen LogP contribution is 2.36. The Morgan fingerprint density at radius 1 is 0.857 bits per heavy atom. The molecule has 9 heteroatoms. The number of rotatable bonds is 4. The van der Waals surface area contributed by atoms with E-state index in [-0.39, 0.29) is 6.61 Å². The second kappa shape index (κ2) is 8.68. The van der Waals surface area contributed by atoms with E-state index in [1.165, 1.54) is 20.8 Å². The first-order chi connectivity index (χ1) is 13.3. The Morgan fingerprint density at radius 3 is 2.07 bits per heavy atom. The molecule has 0 radical (unpaired) electrons. The highest BCUT2D eigenvalue weighted by molar-refractivity contribution is 5.68. The highest BCUT2D eigenvalue weighted by atomic mass is 16.8. The van der Waals surface area contributed by atoms with Crippen LogP contribution in [0.15, 0.2) is 30.3 Å². The molecule has 0 amide bonds. The fraction of sp³-hybridized carbons (Fsp3) is 0.526. The molecule has 5 unspecified atom stereocenters. The van der Waals surface area contributed by atoms with E-state index in [0.29, 0.717) is 0 Å². The maximum absolute atomic E-state index is 11.7. The van der Waals surface area contributed by atoms with Crippen molar-refractivity contribution in [1.29, 1.82) is 0 Å². The van der Waals surface area contributed by atoms with Gasteiger partial charge >= 0.3 is 17.9 Å². The fourth-order valence-electron chi connectivity index (χ4n) is 3.23. The van der Waals surface area contributed by atoms with Gasteiger partial charge in [0.15, 0.2) is 12.4 Å². The Hall–Kier alpha value is -2.49. The van der Waals surface area contributed by atoms with Gasteiger partial charge in [0.2, 0.25) is 12.4 Å². The van der Waals surface area contributed by atoms with E-state index >= 15 is 0 Å². The van der Waals surface area contributed by atoms with E-state index in [0.717, 1.165) is 5.56 Å². The van der Waals surface area contributed by atoms with Gasteiger partial charge in [-0.05, 0) is 0 Å². The summed E-state index contributed by atoms with van der Waals surface area (Å²) in [7, 11) is 0. The molecule has 0 aliphatic carbocycles. The lowest BCUT2D eigenvalue weighted by atomic mass is 9.97. The third kappa shape index (κ3) is 4.67. The maximum Gasteiger partial charge on any atom is 0.305 e. The molecule has 2 aliphatic heterocycles. The first-order valence-corrected chi connectivity index (χ1v) is 8.84. The summed E-state index contributed by atoms with van der Waals surface area (Å²) in [6.45, 7) is 3.72. The molecule has 3 rings (SSSR count). The molecule has 1 aromatic rings. The standard InChI is InChI=1S/C19H22O9/c1-10(20)24-16-15-14(9-23-18(28-15)13-7-5-4-6-8-13)27-19(26-12(3)22)17(16)25-11(2)21/h4-8,14-19H,9H2,1-3H3/t14?,15-,16?,17?,18?,19?/m0/s1. The van der Waals surface area contributed by atoms with Crippen molar-refractivity contribution in [2.24, 2.45) is 0 Å². The quantitative estimate of drug-likeness (QED) is 0.551. The first kappa shape index (κ1) is 20.2. The van der Waals surface area contributed by atoms with Crippen LogP contribution in [-0.2, 0) is 42.8 Å². The van der Waals surface area contributed by atoms with Crippen LogP contribution in [0.2, 0.25) is 0 Å². The van der Waals surface area contributed by atoms with E-state index in [1.807, 2.05) is 30.3 Å². The predicted octanol–water partition coefficient (Wildman–Crippen LogP) is 1.25. The van der Waals surface area contributed by atoms with Crippen LogP contribution < -0.4 is 0 Å². The van der Waals surface area contributed by atoms with Gasteiger partial charge in [-0.2, -0.15) is 0 Å². The molecule has 28 heavy (non-hydrogen) atoms. The largest absolute Gasteiger partial charge is 0.455 e. The number of carbonyl (C=O) groups excluding carboxylic acids is 3. The van der Waals surface area contributed by atoms with Gasteiger partial charge in [0, 0.05) is 26.3 Å². The Balaban J connectivity index is 1.88. The van der Waals surface area contributed by atoms with Crippen LogP contribution >= 0.6 is 0 Å². The predicted molar refractivity (Wildman–Crippen MR) is 91.5 cm³/mol. The third-order valence-electron chi connectivity index (χ3n) is 4.24. The number of ether oxygens (including phenoxy) is 6. The molecule has 9 nitrogen and oxygen atoms in total. The summed E-state index contributed by atoms with van der Waals surface area (Å²) in [5.41, 5.74) is 0.772. The molecule has 6 atom stereocenters. The molecule has 152 valence electrons. The Bertz CT molecular complexity index is 719. The maximum atomic E-state index is 11.7. The minimum absolute atomic E-state index is 0.104.